The molecule has 0 aliphatic carbocycles. The Morgan fingerprint density at radius 1 is 0.468 bits per heavy atom. The molecule has 0 atom stereocenters. The van der Waals surface area contributed by atoms with Crippen molar-refractivity contribution < 1.29 is 4.57 Å². The third-order valence-corrected chi connectivity index (χ3v) is 13.4. The minimum absolute atomic E-state index is 0.824. The van der Waals surface area contributed by atoms with E-state index in [1.807, 2.05) is 84.1 Å². The second-order valence-electron chi connectivity index (χ2n) is 11.9. The van der Waals surface area contributed by atoms with Crippen molar-refractivity contribution in [1.82, 2.24) is 4.98 Å². The molecule has 2 heterocycles. The van der Waals surface area contributed by atoms with E-state index in [1.165, 1.54) is 36.3 Å². The van der Waals surface area contributed by atoms with Gasteiger partial charge in [0, 0.05) is 47.0 Å². The molecule has 0 N–H and O–H groups in total. The van der Waals surface area contributed by atoms with Crippen LogP contribution in [-0.2, 0) is 4.57 Å². The first-order valence-corrected chi connectivity index (χ1v) is 18.3. The minimum Gasteiger partial charge on any atom is -0.309 e. The Morgan fingerprint density at radius 2 is 1.06 bits per heavy atom. The third kappa shape index (κ3) is 4.62. The summed E-state index contributed by atoms with van der Waals surface area (Å²) in [6.45, 7) is 0. The number of hydrogen-bond donors (Lipinski definition) is 0. The Kier molecular flexibility index (Phi) is 6.64. The van der Waals surface area contributed by atoms with Crippen LogP contribution in [0.3, 0.4) is 0 Å². The maximum Gasteiger partial charge on any atom is 0.171 e. The van der Waals surface area contributed by atoms with Gasteiger partial charge in [0.2, 0.25) is 0 Å². The van der Waals surface area contributed by atoms with E-state index in [0.29, 0.717) is 0 Å². The summed E-state index contributed by atoms with van der Waals surface area (Å²) in [7, 11) is -3.04. The molecule has 0 spiro atoms. The monoisotopic (exact) mass is 637 g/mol. The molecular weight excluding hydrogens is 610 g/mol. The predicted octanol–water partition coefficient (Wildman–Crippen LogP) is 10.7. The molecule has 0 unspecified atom stereocenters. The highest BCUT2D eigenvalue weighted by molar-refractivity contribution is 7.85. The number of benzene rings is 7. The summed E-state index contributed by atoms with van der Waals surface area (Å²) in [4.78, 5) is 5.36. The molecule has 9 rings (SSSR count). The number of thiophene rings is 1. The Hall–Kier alpha value is -5.34. The lowest BCUT2D eigenvalue weighted by atomic mass is 9.98. The van der Waals surface area contributed by atoms with Crippen molar-refractivity contribution in [2.75, 3.05) is 0 Å². The first-order chi connectivity index (χ1) is 23.2. The van der Waals surface area contributed by atoms with Crippen LogP contribution in [0.1, 0.15) is 0 Å². The Labute approximate surface area is 277 Å². The van der Waals surface area contributed by atoms with Crippen LogP contribution in [0.15, 0.2) is 170 Å². The fourth-order valence-corrected chi connectivity index (χ4v) is 10.7. The van der Waals surface area contributed by atoms with Crippen molar-refractivity contribution in [2.24, 2.45) is 0 Å². The molecule has 0 aliphatic rings. The van der Waals surface area contributed by atoms with Crippen LogP contribution in [-0.4, -0.2) is 4.98 Å². The standard InChI is InChI=1S/C43H28NOPS/c45-46(34-16-3-1-4-17-34,35-18-5-2-6-19-35)36-24-22-29(23-25-36)30-14-11-15-33(26-30)42-41-37-20-9-10-21-40(37)47-43(41)38-27-31-12-7-8-13-32(31)28-39(38)44-42/h1-28H. The van der Waals surface area contributed by atoms with Gasteiger partial charge in [-0.15, -0.1) is 11.3 Å². The molecule has 7 aromatic carbocycles. The molecule has 4 heteroatoms. The highest BCUT2D eigenvalue weighted by Gasteiger charge is 2.29. The van der Waals surface area contributed by atoms with Crippen LogP contribution in [0.25, 0.3) is 64.2 Å². The quantitative estimate of drug-likeness (QED) is 0.139. The van der Waals surface area contributed by atoms with Crippen LogP contribution in [0, 0.1) is 0 Å². The van der Waals surface area contributed by atoms with Gasteiger partial charge in [0.15, 0.2) is 7.14 Å². The van der Waals surface area contributed by atoms with E-state index in [1.54, 1.807) is 0 Å². The van der Waals surface area contributed by atoms with Crippen molar-refractivity contribution in [3.8, 4) is 22.4 Å². The third-order valence-electron chi connectivity index (χ3n) is 9.11. The topological polar surface area (TPSA) is 30.0 Å². The zero-order valence-electron chi connectivity index (χ0n) is 25.4. The van der Waals surface area contributed by atoms with Crippen LogP contribution in [0.5, 0.6) is 0 Å². The Bertz CT molecular complexity index is 2600. The number of pyridine rings is 1. The molecule has 9 aromatic rings. The average molecular weight is 638 g/mol. The van der Waals surface area contributed by atoms with Gasteiger partial charge in [-0.25, -0.2) is 4.98 Å². The summed E-state index contributed by atoms with van der Waals surface area (Å²) in [6, 6.07) is 58.3. The lowest BCUT2D eigenvalue weighted by Crippen LogP contribution is -2.24. The van der Waals surface area contributed by atoms with Gasteiger partial charge in [-0.3, -0.25) is 0 Å². The summed E-state index contributed by atoms with van der Waals surface area (Å²) in [5, 5.41) is 8.54. The molecule has 2 nitrogen and oxygen atoms in total. The van der Waals surface area contributed by atoms with E-state index in [9.17, 15) is 4.57 Å². The highest BCUT2D eigenvalue weighted by atomic mass is 32.1. The molecule has 222 valence electrons. The van der Waals surface area contributed by atoms with Crippen molar-refractivity contribution in [3.05, 3.63) is 170 Å². The van der Waals surface area contributed by atoms with Crippen LogP contribution >= 0.6 is 18.5 Å². The molecular formula is C43H28NOPS. The van der Waals surface area contributed by atoms with E-state index in [-0.39, 0.29) is 0 Å². The van der Waals surface area contributed by atoms with Crippen LogP contribution in [0.4, 0.5) is 0 Å². The van der Waals surface area contributed by atoms with Gasteiger partial charge < -0.3 is 4.57 Å². The number of hydrogen-bond acceptors (Lipinski definition) is 3. The molecule has 0 amide bonds. The second kappa shape index (κ2) is 11.2. The molecule has 0 fully saturated rings. The Morgan fingerprint density at radius 3 is 1.79 bits per heavy atom. The zero-order valence-corrected chi connectivity index (χ0v) is 27.1. The SMILES string of the molecule is O=P(c1ccccc1)(c1ccccc1)c1ccc(-c2cccc(-c3nc4cc5ccccc5cc4c4sc5ccccc5c34)c2)cc1. The van der Waals surface area contributed by atoms with E-state index in [2.05, 4.69) is 97.1 Å². The summed E-state index contributed by atoms with van der Waals surface area (Å²) in [5.74, 6) is 0. The second-order valence-corrected chi connectivity index (χ2v) is 15.7. The van der Waals surface area contributed by atoms with Crippen LogP contribution in [0.2, 0.25) is 0 Å². The van der Waals surface area contributed by atoms with Crippen LogP contribution < -0.4 is 15.9 Å². The smallest absolute Gasteiger partial charge is 0.171 e. The van der Waals surface area contributed by atoms with Gasteiger partial charge in [0.25, 0.3) is 0 Å². The van der Waals surface area contributed by atoms with Crippen molar-refractivity contribution >= 4 is 76.2 Å². The molecule has 0 saturated carbocycles. The van der Waals surface area contributed by atoms with Gasteiger partial charge >= 0.3 is 0 Å². The van der Waals surface area contributed by atoms with Gasteiger partial charge in [0.1, 0.15) is 0 Å². The van der Waals surface area contributed by atoms with E-state index in [4.69, 9.17) is 4.98 Å². The maximum atomic E-state index is 14.9. The molecule has 0 radical (unpaired) electrons. The number of rotatable bonds is 5. The fraction of sp³-hybridized carbons (Fsp3) is 0. The van der Waals surface area contributed by atoms with Crippen molar-refractivity contribution in [1.29, 1.82) is 0 Å². The van der Waals surface area contributed by atoms with E-state index in [0.717, 1.165) is 43.8 Å². The number of fused-ring (bicyclic) bond motifs is 6. The average Bonchev–Trinajstić information content (AvgIpc) is 3.54. The fourth-order valence-electron chi connectivity index (χ4n) is 6.79. The van der Waals surface area contributed by atoms with Crippen molar-refractivity contribution in [3.63, 3.8) is 0 Å². The Balaban J connectivity index is 1.19. The van der Waals surface area contributed by atoms with Gasteiger partial charge in [-0.1, -0.05) is 146 Å². The molecule has 47 heavy (non-hydrogen) atoms. The van der Waals surface area contributed by atoms with E-state index < -0.39 is 7.14 Å². The normalized spacial score (nSPS) is 11.9. The van der Waals surface area contributed by atoms with Crippen molar-refractivity contribution in [2.45, 2.75) is 0 Å². The number of nitrogens with zero attached hydrogens (tertiary/aromatic N) is 1. The maximum absolute atomic E-state index is 14.9. The van der Waals surface area contributed by atoms with E-state index >= 15 is 0 Å². The molecule has 2 aromatic heterocycles. The van der Waals surface area contributed by atoms with Gasteiger partial charge in [-0.05, 0) is 46.2 Å². The number of aromatic nitrogens is 1. The first kappa shape index (κ1) is 27.9. The first-order valence-electron chi connectivity index (χ1n) is 15.7. The van der Waals surface area contributed by atoms with Gasteiger partial charge in [0.05, 0.1) is 11.2 Å². The zero-order chi connectivity index (χ0) is 31.4. The highest BCUT2D eigenvalue weighted by Crippen LogP contribution is 2.45. The molecule has 0 bridgehead atoms. The molecule has 0 saturated heterocycles. The predicted molar refractivity (Wildman–Crippen MR) is 202 cm³/mol. The minimum atomic E-state index is -3.04. The lowest BCUT2D eigenvalue weighted by Gasteiger charge is -2.20. The van der Waals surface area contributed by atoms with Gasteiger partial charge in [-0.2, -0.15) is 0 Å². The summed E-state index contributed by atoms with van der Waals surface area (Å²) in [5.41, 5.74) is 5.24. The largest absolute Gasteiger partial charge is 0.309 e. The summed E-state index contributed by atoms with van der Waals surface area (Å²) < 4.78 is 17.4. The summed E-state index contributed by atoms with van der Waals surface area (Å²) >= 11 is 1.84. The lowest BCUT2D eigenvalue weighted by molar-refractivity contribution is 0.592. The summed E-state index contributed by atoms with van der Waals surface area (Å²) in [6.07, 6.45) is 0. The molecule has 0 aliphatic heterocycles.